The maximum atomic E-state index is 9.16. The second-order valence-corrected chi connectivity index (χ2v) is 2.24. The molecule has 0 rings (SSSR count). The molecule has 2 heteroatoms. The van der Waals surface area contributed by atoms with Gasteiger partial charge in [0.15, 0.2) is 0 Å². The summed E-state index contributed by atoms with van der Waals surface area (Å²) in [6.07, 6.45) is 0.367. The van der Waals surface area contributed by atoms with E-state index >= 15 is 0 Å². The minimum Gasteiger partial charge on any atom is -0.374 e. The average Bonchev–Trinajstić information content (AvgIpc) is 1.84. The first-order valence-corrected chi connectivity index (χ1v) is 3.16. The van der Waals surface area contributed by atoms with Crippen LogP contribution in [0.15, 0.2) is 12.3 Å². The van der Waals surface area contributed by atoms with Gasteiger partial charge in [-0.3, -0.25) is 0 Å². The molecule has 0 aliphatic rings. The first-order chi connectivity index (χ1) is 4.09. The van der Waals surface area contributed by atoms with Crippen LogP contribution in [0.25, 0.3) is 0 Å². The predicted octanol–water partition coefficient (Wildman–Crippen LogP) is 1.18. The molecule has 1 N–H and O–H groups in total. The summed E-state index contributed by atoms with van der Waals surface area (Å²) in [6, 6.07) is 0. The molecule has 0 aromatic rings. The van der Waals surface area contributed by atoms with Crippen LogP contribution < -0.4 is 0 Å². The highest BCUT2D eigenvalue weighted by Crippen LogP contribution is 2.03. The standard InChI is InChI=1S/C7H15NO/c1-5-7(9)8(4)6(2)3/h7,9H,2,5H2,1,3-4H3/t7-/m1/s1. The highest BCUT2D eigenvalue weighted by atomic mass is 16.3. The fraction of sp³-hybridized carbons (Fsp3) is 0.714. The smallest absolute Gasteiger partial charge is 0.126 e. The first kappa shape index (κ1) is 8.50. The quantitative estimate of drug-likeness (QED) is 0.578. The third-order valence-corrected chi connectivity index (χ3v) is 1.41. The number of hydrogen-bond donors (Lipinski definition) is 1. The molecule has 0 saturated heterocycles. The molecule has 0 spiro atoms. The van der Waals surface area contributed by atoms with Gasteiger partial charge in [0.2, 0.25) is 0 Å². The van der Waals surface area contributed by atoms with Gasteiger partial charge in [-0.15, -0.1) is 0 Å². The number of rotatable bonds is 3. The maximum absolute atomic E-state index is 9.16. The predicted molar refractivity (Wildman–Crippen MR) is 38.9 cm³/mol. The molecule has 0 aromatic heterocycles. The molecule has 0 radical (unpaired) electrons. The normalized spacial score (nSPS) is 12.9. The number of nitrogens with zero attached hydrogens (tertiary/aromatic N) is 1. The van der Waals surface area contributed by atoms with Crippen LogP contribution in [0.4, 0.5) is 0 Å². The summed E-state index contributed by atoms with van der Waals surface area (Å²) in [5.41, 5.74) is 0.893. The van der Waals surface area contributed by atoms with Gasteiger partial charge >= 0.3 is 0 Å². The summed E-state index contributed by atoms with van der Waals surface area (Å²) in [5, 5.41) is 9.16. The zero-order valence-corrected chi connectivity index (χ0v) is 6.39. The van der Waals surface area contributed by atoms with E-state index in [9.17, 15) is 0 Å². The second-order valence-electron chi connectivity index (χ2n) is 2.24. The monoisotopic (exact) mass is 129 g/mol. The Morgan fingerprint density at radius 3 is 2.33 bits per heavy atom. The van der Waals surface area contributed by atoms with Crippen LogP contribution in [0.5, 0.6) is 0 Å². The summed E-state index contributed by atoms with van der Waals surface area (Å²) >= 11 is 0. The van der Waals surface area contributed by atoms with Crippen LogP contribution in [0, 0.1) is 0 Å². The second kappa shape index (κ2) is 3.51. The van der Waals surface area contributed by atoms with E-state index in [1.165, 1.54) is 0 Å². The summed E-state index contributed by atoms with van der Waals surface area (Å²) in [5.74, 6) is 0. The molecule has 1 atom stereocenters. The Kier molecular flexibility index (Phi) is 3.32. The maximum Gasteiger partial charge on any atom is 0.126 e. The minimum atomic E-state index is -0.373. The van der Waals surface area contributed by atoms with E-state index in [0.29, 0.717) is 0 Å². The van der Waals surface area contributed by atoms with E-state index in [1.54, 1.807) is 4.90 Å². The molecule has 0 saturated carbocycles. The first-order valence-electron chi connectivity index (χ1n) is 3.16. The molecule has 0 bridgehead atoms. The van der Waals surface area contributed by atoms with Gasteiger partial charge in [0.25, 0.3) is 0 Å². The van der Waals surface area contributed by atoms with Crippen molar-refractivity contribution in [2.75, 3.05) is 7.05 Å². The Labute approximate surface area is 56.8 Å². The largest absolute Gasteiger partial charge is 0.374 e. The zero-order valence-electron chi connectivity index (χ0n) is 6.39. The summed E-state index contributed by atoms with van der Waals surface area (Å²) in [7, 11) is 1.83. The van der Waals surface area contributed by atoms with Gasteiger partial charge in [-0.25, -0.2) is 0 Å². The Morgan fingerprint density at radius 1 is 1.78 bits per heavy atom. The minimum absolute atomic E-state index is 0.373. The van der Waals surface area contributed by atoms with E-state index in [2.05, 4.69) is 6.58 Å². The highest BCUT2D eigenvalue weighted by Gasteiger charge is 2.05. The van der Waals surface area contributed by atoms with Crippen molar-refractivity contribution in [2.24, 2.45) is 0 Å². The number of hydrogen-bond acceptors (Lipinski definition) is 2. The molecule has 0 heterocycles. The molecule has 54 valence electrons. The lowest BCUT2D eigenvalue weighted by Gasteiger charge is -2.23. The van der Waals surface area contributed by atoms with Crippen LogP contribution >= 0.6 is 0 Å². The molecule has 0 fully saturated rings. The average molecular weight is 129 g/mol. The Morgan fingerprint density at radius 2 is 2.22 bits per heavy atom. The van der Waals surface area contributed by atoms with Crippen molar-refractivity contribution >= 4 is 0 Å². The molecule has 0 amide bonds. The van der Waals surface area contributed by atoms with Gasteiger partial charge in [0.05, 0.1) is 0 Å². The molecule has 0 aliphatic heterocycles. The Bertz CT molecular complexity index is 101. The van der Waals surface area contributed by atoms with E-state index < -0.39 is 0 Å². The highest BCUT2D eigenvalue weighted by molar-refractivity contribution is 4.86. The van der Waals surface area contributed by atoms with Gasteiger partial charge in [0.1, 0.15) is 6.23 Å². The van der Waals surface area contributed by atoms with Crippen molar-refractivity contribution in [3.8, 4) is 0 Å². The number of aliphatic hydroxyl groups is 1. The van der Waals surface area contributed by atoms with Crippen molar-refractivity contribution in [2.45, 2.75) is 26.5 Å². The van der Waals surface area contributed by atoms with Crippen LogP contribution in [0.1, 0.15) is 20.3 Å². The fourth-order valence-electron chi connectivity index (χ4n) is 0.528. The van der Waals surface area contributed by atoms with Crippen molar-refractivity contribution in [1.82, 2.24) is 4.90 Å². The van der Waals surface area contributed by atoms with E-state index in [-0.39, 0.29) is 6.23 Å². The lowest BCUT2D eigenvalue weighted by Crippen LogP contribution is -2.28. The van der Waals surface area contributed by atoms with Crippen LogP contribution in [-0.2, 0) is 0 Å². The number of aliphatic hydroxyl groups excluding tert-OH is 1. The summed E-state index contributed by atoms with van der Waals surface area (Å²) < 4.78 is 0. The van der Waals surface area contributed by atoms with E-state index in [1.807, 2.05) is 20.9 Å². The van der Waals surface area contributed by atoms with Crippen LogP contribution in [0.3, 0.4) is 0 Å². The van der Waals surface area contributed by atoms with E-state index in [4.69, 9.17) is 5.11 Å². The molecule has 0 aliphatic carbocycles. The summed E-state index contributed by atoms with van der Waals surface area (Å²) in [4.78, 5) is 1.75. The topological polar surface area (TPSA) is 23.5 Å². The summed E-state index contributed by atoms with van der Waals surface area (Å²) in [6.45, 7) is 7.50. The van der Waals surface area contributed by atoms with Gasteiger partial charge in [-0.05, 0) is 13.3 Å². The molecule has 2 nitrogen and oxygen atoms in total. The van der Waals surface area contributed by atoms with Crippen LogP contribution in [-0.4, -0.2) is 23.3 Å². The van der Waals surface area contributed by atoms with Gasteiger partial charge in [-0.2, -0.15) is 0 Å². The lowest BCUT2D eigenvalue weighted by atomic mass is 10.3. The van der Waals surface area contributed by atoms with Crippen molar-refractivity contribution in [3.63, 3.8) is 0 Å². The Balaban J connectivity index is 3.72. The molecular formula is C7H15NO. The molecule has 0 aromatic carbocycles. The van der Waals surface area contributed by atoms with Crippen molar-refractivity contribution in [1.29, 1.82) is 0 Å². The zero-order chi connectivity index (χ0) is 7.44. The third kappa shape index (κ3) is 2.51. The Hall–Kier alpha value is -0.500. The van der Waals surface area contributed by atoms with E-state index in [0.717, 1.165) is 12.1 Å². The van der Waals surface area contributed by atoms with Crippen LogP contribution in [0.2, 0.25) is 0 Å². The van der Waals surface area contributed by atoms with Crippen molar-refractivity contribution in [3.05, 3.63) is 12.3 Å². The van der Waals surface area contributed by atoms with Gasteiger partial charge < -0.3 is 10.0 Å². The third-order valence-electron chi connectivity index (χ3n) is 1.41. The van der Waals surface area contributed by atoms with Gasteiger partial charge in [0, 0.05) is 12.7 Å². The van der Waals surface area contributed by atoms with Gasteiger partial charge in [-0.1, -0.05) is 13.5 Å². The molecule has 9 heavy (non-hydrogen) atoms. The SMILES string of the molecule is C=C(C)N(C)[C@H](O)CC. The molecule has 0 unspecified atom stereocenters. The molecular weight excluding hydrogens is 114 g/mol. The lowest BCUT2D eigenvalue weighted by molar-refractivity contribution is 0.0435. The van der Waals surface area contributed by atoms with Crippen molar-refractivity contribution < 1.29 is 5.11 Å². The fourth-order valence-corrected chi connectivity index (χ4v) is 0.528. The number of allylic oxidation sites excluding steroid dienone is 1.